The van der Waals surface area contributed by atoms with E-state index in [1.165, 1.54) is 23.6 Å². The lowest BCUT2D eigenvalue weighted by Crippen LogP contribution is -2.11. The summed E-state index contributed by atoms with van der Waals surface area (Å²) in [7, 11) is 1.68. The summed E-state index contributed by atoms with van der Waals surface area (Å²) in [4.78, 5) is 15.9. The third-order valence-electron chi connectivity index (χ3n) is 4.25. The maximum absolute atomic E-state index is 11.5. The van der Waals surface area contributed by atoms with Crippen molar-refractivity contribution in [2.45, 2.75) is 6.92 Å². The van der Waals surface area contributed by atoms with E-state index in [0.29, 0.717) is 21.9 Å². The first-order valence-corrected chi connectivity index (χ1v) is 9.27. The van der Waals surface area contributed by atoms with E-state index in [1.54, 1.807) is 17.8 Å². The Labute approximate surface area is 164 Å². The van der Waals surface area contributed by atoms with Crippen LogP contribution in [0.5, 0.6) is 11.5 Å². The summed E-state index contributed by atoms with van der Waals surface area (Å²) in [5.74, 6) is 0.818. The number of hydrogen-bond donors (Lipinski definition) is 0. The number of aryl methyl sites for hydroxylation is 1. The average Bonchev–Trinajstić information content (AvgIpc) is 3.32. The van der Waals surface area contributed by atoms with Gasteiger partial charge < -0.3 is 9.47 Å². The van der Waals surface area contributed by atoms with Gasteiger partial charge in [0.2, 0.25) is 11.6 Å². The van der Waals surface area contributed by atoms with Gasteiger partial charge in [0.1, 0.15) is 0 Å². The van der Waals surface area contributed by atoms with Crippen LogP contribution in [0.2, 0.25) is 0 Å². The molecule has 0 saturated carbocycles. The summed E-state index contributed by atoms with van der Waals surface area (Å²) < 4.78 is 12.2. The van der Waals surface area contributed by atoms with E-state index in [4.69, 9.17) is 9.47 Å². The molecular formula is C19H16N4O4S. The van der Waals surface area contributed by atoms with Crippen LogP contribution in [0.1, 0.15) is 11.1 Å². The highest BCUT2D eigenvalue weighted by atomic mass is 32.1. The quantitative estimate of drug-likeness (QED) is 0.383. The minimum atomic E-state index is -0.465. The topological polar surface area (TPSA) is 91.2 Å². The SMILES string of the molecule is CN=c1scc(-c2ccc(C)cc2)n1N=Cc1cc2c(cc1[N+](=O)[O-])OCO2. The lowest BCUT2D eigenvalue weighted by molar-refractivity contribution is -0.385. The summed E-state index contributed by atoms with van der Waals surface area (Å²) in [5.41, 5.74) is 3.21. The average molecular weight is 396 g/mol. The van der Waals surface area contributed by atoms with Crippen molar-refractivity contribution in [3.05, 3.63) is 67.8 Å². The van der Waals surface area contributed by atoms with Crippen LogP contribution < -0.4 is 14.3 Å². The van der Waals surface area contributed by atoms with Crippen molar-refractivity contribution >= 4 is 23.2 Å². The van der Waals surface area contributed by atoms with Crippen LogP contribution in [0.25, 0.3) is 11.3 Å². The third-order valence-corrected chi connectivity index (χ3v) is 5.16. The molecule has 0 amide bonds. The standard InChI is InChI=1S/C19H16N4O4S/c1-12-3-5-13(6-4-12)16-10-28-19(20-2)22(16)21-9-14-7-17-18(27-11-26-17)8-15(14)23(24)25/h3-10H,11H2,1-2H3. The Morgan fingerprint density at radius 3 is 2.61 bits per heavy atom. The van der Waals surface area contributed by atoms with Crippen molar-refractivity contribution in [3.8, 4) is 22.8 Å². The normalized spacial score (nSPS) is 13.4. The Morgan fingerprint density at radius 2 is 1.93 bits per heavy atom. The monoisotopic (exact) mass is 396 g/mol. The third kappa shape index (κ3) is 3.27. The lowest BCUT2D eigenvalue weighted by atomic mass is 10.1. The van der Waals surface area contributed by atoms with Crippen molar-refractivity contribution in [2.24, 2.45) is 10.1 Å². The molecule has 0 aliphatic carbocycles. The summed E-state index contributed by atoms with van der Waals surface area (Å²) in [5, 5.41) is 17.9. The van der Waals surface area contributed by atoms with Crippen LogP contribution in [-0.2, 0) is 0 Å². The van der Waals surface area contributed by atoms with Crippen molar-refractivity contribution in [2.75, 3.05) is 13.8 Å². The molecule has 0 unspecified atom stereocenters. The second-order valence-electron chi connectivity index (χ2n) is 6.07. The number of rotatable bonds is 4. The van der Waals surface area contributed by atoms with Gasteiger partial charge in [-0.15, -0.1) is 11.3 Å². The molecule has 2 aromatic carbocycles. The smallest absolute Gasteiger partial charge is 0.282 e. The number of nitro groups is 1. The molecular weight excluding hydrogens is 380 g/mol. The number of fused-ring (bicyclic) bond motifs is 1. The second kappa shape index (κ2) is 7.28. The fourth-order valence-electron chi connectivity index (χ4n) is 2.81. The summed E-state index contributed by atoms with van der Waals surface area (Å²) in [6, 6.07) is 11.0. The van der Waals surface area contributed by atoms with Crippen LogP contribution in [0.4, 0.5) is 5.69 Å². The molecule has 1 aliphatic heterocycles. The van der Waals surface area contributed by atoms with Gasteiger partial charge >= 0.3 is 0 Å². The molecule has 0 bridgehead atoms. The highest BCUT2D eigenvalue weighted by molar-refractivity contribution is 7.07. The Kier molecular flexibility index (Phi) is 4.66. The molecule has 9 heteroatoms. The molecule has 4 rings (SSSR count). The minimum Gasteiger partial charge on any atom is -0.454 e. The van der Waals surface area contributed by atoms with Crippen molar-refractivity contribution < 1.29 is 14.4 Å². The lowest BCUT2D eigenvalue weighted by Gasteiger charge is -2.04. The predicted molar refractivity (Wildman–Crippen MR) is 106 cm³/mol. The van der Waals surface area contributed by atoms with E-state index in [9.17, 15) is 10.1 Å². The molecule has 3 aromatic rings. The molecule has 28 heavy (non-hydrogen) atoms. The summed E-state index contributed by atoms with van der Waals surface area (Å²) >= 11 is 1.44. The molecule has 0 saturated heterocycles. The van der Waals surface area contributed by atoms with Crippen molar-refractivity contribution in [1.82, 2.24) is 4.68 Å². The van der Waals surface area contributed by atoms with Gasteiger partial charge in [0.15, 0.2) is 11.5 Å². The van der Waals surface area contributed by atoms with Crippen LogP contribution in [-0.4, -0.2) is 29.7 Å². The van der Waals surface area contributed by atoms with Gasteiger partial charge in [-0.3, -0.25) is 15.1 Å². The first-order valence-electron chi connectivity index (χ1n) is 8.39. The van der Waals surface area contributed by atoms with E-state index in [0.717, 1.165) is 16.8 Å². The minimum absolute atomic E-state index is 0.0444. The summed E-state index contributed by atoms with van der Waals surface area (Å²) in [6.45, 7) is 2.07. The Hall–Kier alpha value is -3.46. The number of benzene rings is 2. The molecule has 2 heterocycles. The molecule has 0 fully saturated rings. The molecule has 1 aromatic heterocycles. The number of ether oxygens (including phenoxy) is 2. The highest BCUT2D eigenvalue weighted by Crippen LogP contribution is 2.37. The van der Waals surface area contributed by atoms with E-state index in [-0.39, 0.29) is 12.5 Å². The number of nitrogens with zero attached hydrogens (tertiary/aromatic N) is 4. The van der Waals surface area contributed by atoms with Crippen LogP contribution >= 0.6 is 11.3 Å². The molecule has 8 nitrogen and oxygen atoms in total. The van der Waals surface area contributed by atoms with Crippen LogP contribution in [0.3, 0.4) is 0 Å². The Morgan fingerprint density at radius 1 is 1.21 bits per heavy atom. The molecule has 0 spiro atoms. The number of aromatic nitrogens is 1. The molecule has 0 N–H and O–H groups in total. The highest BCUT2D eigenvalue weighted by Gasteiger charge is 2.22. The predicted octanol–water partition coefficient (Wildman–Crippen LogP) is 3.57. The maximum atomic E-state index is 11.5. The number of hydrogen-bond acceptors (Lipinski definition) is 7. The Balaban J connectivity index is 1.80. The van der Waals surface area contributed by atoms with Gasteiger partial charge in [0, 0.05) is 18.0 Å². The van der Waals surface area contributed by atoms with Crippen LogP contribution in [0.15, 0.2) is 51.9 Å². The van der Waals surface area contributed by atoms with E-state index in [2.05, 4.69) is 10.1 Å². The molecule has 0 radical (unpaired) electrons. The largest absolute Gasteiger partial charge is 0.454 e. The Bertz CT molecular complexity index is 1150. The molecule has 1 aliphatic rings. The number of nitro benzene ring substituents is 1. The van der Waals surface area contributed by atoms with E-state index in [1.807, 2.05) is 36.6 Å². The van der Waals surface area contributed by atoms with Gasteiger partial charge in [0.05, 0.1) is 28.5 Å². The van der Waals surface area contributed by atoms with E-state index < -0.39 is 4.92 Å². The second-order valence-corrected chi connectivity index (χ2v) is 6.91. The van der Waals surface area contributed by atoms with Gasteiger partial charge in [0.25, 0.3) is 5.69 Å². The first kappa shape index (κ1) is 17.9. The fraction of sp³-hybridized carbons (Fsp3) is 0.158. The van der Waals surface area contributed by atoms with Crippen molar-refractivity contribution in [3.63, 3.8) is 0 Å². The van der Waals surface area contributed by atoms with Gasteiger partial charge in [-0.25, -0.2) is 4.68 Å². The zero-order chi connectivity index (χ0) is 19.7. The fourth-order valence-corrected chi connectivity index (χ4v) is 3.62. The van der Waals surface area contributed by atoms with Gasteiger partial charge in [-0.2, -0.15) is 5.10 Å². The number of thiazole rings is 1. The maximum Gasteiger partial charge on any atom is 0.282 e. The van der Waals surface area contributed by atoms with Crippen LogP contribution in [0, 0.1) is 17.0 Å². The molecule has 0 atom stereocenters. The van der Waals surface area contributed by atoms with E-state index >= 15 is 0 Å². The molecule has 142 valence electrons. The first-order chi connectivity index (χ1) is 13.6. The summed E-state index contributed by atoms with van der Waals surface area (Å²) in [6.07, 6.45) is 1.44. The van der Waals surface area contributed by atoms with Crippen molar-refractivity contribution in [1.29, 1.82) is 0 Å². The van der Waals surface area contributed by atoms with Gasteiger partial charge in [-0.1, -0.05) is 29.8 Å². The van der Waals surface area contributed by atoms with Gasteiger partial charge in [-0.05, 0) is 13.0 Å². The zero-order valence-electron chi connectivity index (χ0n) is 15.2. The zero-order valence-corrected chi connectivity index (χ0v) is 16.0.